The normalized spacial score (nSPS) is 11.1. The monoisotopic (exact) mass is 378 g/mol. The van der Waals surface area contributed by atoms with Crippen LogP contribution < -0.4 is 5.32 Å². The standard InChI is InChI=1S/C17H12Cl2N2O2S/c18-12-4-3-11(15(19)9-12)8-14-10-20-17(24-14)21-16(22)6-5-13-2-1-7-23-13/h1-7,9-10H,8H2,(H,20,21,22)/b6-5+. The molecule has 1 amide bonds. The van der Waals surface area contributed by atoms with Crippen molar-refractivity contribution in [3.05, 3.63) is 75.1 Å². The zero-order valence-electron chi connectivity index (χ0n) is 12.3. The third kappa shape index (κ3) is 4.47. The maximum absolute atomic E-state index is 11.9. The number of carbonyl (C=O) groups is 1. The van der Waals surface area contributed by atoms with Crippen LogP contribution >= 0.6 is 34.5 Å². The van der Waals surface area contributed by atoms with Gasteiger partial charge >= 0.3 is 0 Å². The van der Waals surface area contributed by atoms with E-state index in [2.05, 4.69) is 10.3 Å². The fourth-order valence-electron chi connectivity index (χ4n) is 1.99. The number of amides is 1. The lowest BCUT2D eigenvalue weighted by atomic mass is 10.1. The summed E-state index contributed by atoms with van der Waals surface area (Å²) in [5.74, 6) is 0.346. The molecule has 3 rings (SSSR count). The average molecular weight is 379 g/mol. The minimum absolute atomic E-state index is 0.267. The summed E-state index contributed by atoms with van der Waals surface area (Å²) in [5, 5.41) is 4.47. The fraction of sp³-hybridized carbons (Fsp3) is 0.0588. The first-order valence-corrected chi connectivity index (χ1v) is 8.58. The maximum atomic E-state index is 11.9. The first-order chi connectivity index (χ1) is 11.6. The molecule has 2 aromatic heterocycles. The van der Waals surface area contributed by atoms with E-state index >= 15 is 0 Å². The molecule has 0 atom stereocenters. The predicted molar refractivity (Wildman–Crippen MR) is 97.8 cm³/mol. The molecule has 122 valence electrons. The van der Waals surface area contributed by atoms with Gasteiger partial charge in [0.15, 0.2) is 5.13 Å². The summed E-state index contributed by atoms with van der Waals surface area (Å²) in [6.45, 7) is 0. The largest absolute Gasteiger partial charge is 0.465 e. The molecule has 0 radical (unpaired) electrons. The molecule has 7 heteroatoms. The van der Waals surface area contributed by atoms with Crippen molar-refractivity contribution in [1.82, 2.24) is 4.98 Å². The van der Waals surface area contributed by atoms with Crippen molar-refractivity contribution in [1.29, 1.82) is 0 Å². The molecule has 0 saturated carbocycles. The highest BCUT2D eigenvalue weighted by molar-refractivity contribution is 7.15. The Bertz CT molecular complexity index is 873. The number of rotatable bonds is 5. The van der Waals surface area contributed by atoms with Crippen molar-refractivity contribution in [3.8, 4) is 0 Å². The molecule has 24 heavy (non-hydrogen) atoms. The molecule has 0 unspecified atom stereocenters. The van der Waals surface area contributed by atoms with Crippen LogP contribution in [0, 0.1) is 0 Å². The highest BCUT2D eigenvalue weighted by Crippen LogP contribution is 2.26. The summed E-state index contributed by atoms with van der Waals surface area (Å²) in [5.41, 5.74) is 0.959. The van der Waals surface area contributed by atoms with Gasteiger partial charge in [0.1, 0.15) is 5.76 Å². The third-order valence-electron chi connectivity index (χ3n) is 3.11. The Balaban J connectivity index is 1.62. The molecule has 0 bridgehead atoms. The minimum Gasteiger partial charge on any atom is -0.465 e. The van der Waals surface area contributed by atoms with E-state index in [4.69, 9.17) is 27.6 Å². The maximum Gasteiger partial charge on any atom is 0.250 e. The Morgan fingerprint density at radius 2 is 2.21 bits per heavy atom. The van der Waals surface area contributed by atoms with Gasteiger partial charge in [0, 0.05) is 33.6 Å². The lowest BCUT2D eigenvalue weighted by Gasteiger charge is -2.02. The van der Waals surface area contributed by atoms with Crippen molar-refractivity contribution < 1.29 is 9.21 Å². The molecule has 0 saturated heterocycles. The van der Waals surface area contributed by atoms with Crippen molar-refractivity contribution >= 4 is 51.7 Å². The highest BCUT2D eigenvalue weighted by Gasteiger charge is 2.08. The van der Waals surface area contributed by atoms with Crippen LogP contribution in [0.25, 0.3) is 6.08 Å². The van der Waals surface area contributed by atoms with E-state index < -0.39 is 0 Å². The Labute approximate surface area is 152 Å². The van der Waals surface area contributed by atoms with Gasteiger partial charge < -0.3 is 4.42 Å². The zero-order chi connectivity index (χ0) is 16.9. The number of hydrogen-bond donors (Lipinski definition) is 1. The van der Waals surface area contributed by atoms with Crippen LogP contribution in [0.5, 0.6) is 0 Å². The molecule has 3 aromatic rings. The van der Waals surface area contributed by atoms with Gasteiger partial charge in [0.2, 0.25) is 5.91 Å². The van der Waals surface area contributed by atoms with Crippen LogP contribution in [0.4, 0.5) is 5.13 Å². The fourth-order valence-corrected chi connectivity index (χ4v) is 3.30. The third-order valence-corrected chi connectivity index (χ3v) is 4.61. The smallest absolute Gasteiger partial charge is 0.250 e. The van der Waals surface area contributed by atoms with Gasteiger partial charge in [-0.15, -0.1) is 11.3 Å². The second kappa shape index (κ2) is 7.66. The number of carbonyl (C=O) groups excluding carboxylic acids is 1. The van der Waals surface area contributed by atoms with Crippen LogP contribution in [0.1, 0.15) is 16.2 Å². The van der Waals surface area contributed by atoms with Gasteiger partial charge in [-0.05, 0) is 35.9 Å². The zero-order valence-corrected chi connectivity index (χ0v) is 14.7. The van der Waals surface area contributed by atoms with Crippen LogP contribution in [0.2, 0.25) is 10.0 Å². The van der Waals surface area contributed by atoms with E-state index in [1.807, 2.05) is 6.07 Å². The van der Waals surface area contributed by atoms with Crippen LogP contribution in [0.15, 0.2) is 53.3 Å². The van der Waals surface area contributed by atoms with Crippen LogP contribution in [0.3, 0.4) is 0 Å². The summed E-state index contributed by atoms with van der Waals surface area (Å²) in [6, 6.07) is 8.91. The second-order valence-corrected chi connectivity index (χ2v) is 6.84. The van der Waals surface area contributed by atoms with E-state index in [0.717, 1.165) is 10.4 Å². The molecule has 0 aliphatic rings. The number of halogens is 2. The van der Waals surface area contributed by atoms with Crippen molar-refractivity contribution in [2.75, 3.05) is 5.32 Å². The predicted octanol–water partition coefficient (Wildman–Crippen LogP) is 5.29. The number of furan rings is 1. The van der Waals surface area contributed by atoms with E-state index in [9.17, 15) is 4.79 Å². The highest BCUT2D eigenvalue weighted by atomic mass is 35.5. The molecule has 0 fully saturated rings. The number of aromatic nitrogens is 1. The first-order valence-electron chi connectivity index (χ1n) is 7.01. The van der Waals surface area contributed by atoms with E-state index in [1.54, 1.807) is 42.8 Å². The molecule has 1 aromatic carbocycles. The van der Waals surface area contributed by atoms with Crippen LogP contribution in [-0.2, 0) is 11.2 Å². The van der Waals surface area contributed by atoms with Crippen molar-refractivity contribution in [2.24, 2.45) is 0 Å². The van der Waals surface area contributed by atoms with Gasteiger partial charge in [-0.2, -0.15) is 0 Å². The number of anilines is 1. The molecule has 0 aliphatic carbocycles. The number of nitrogens with one attached hydrogen (secondary N) is 1. The molecule has 4 nitrogen and oxygen atoms in total. The quantitative estimate of drug-likeness (QED) is 0.613. The Hall–Kier alpha value is -2.08. The summed E-state index contributed by atoms with van der Waals surface area (Å²) >= 11 is 13.5. The lowest BCUT2D eigenvalue weighted by Crippen LogP contribution is -2.06. The molecule has 0 spiro atoms. The van der Waals surface area contributed by atoms with E-state index in [0.29, 0.717) is 27.4 Å². The first kappa shape index (κ1) is 16.8. The summed E-state index contributed by atoms with van der Waals surface area (Å²) < 4.78 is 5.12. The second-order valence-electron chi connectivity index (χ2n) is 4.88. The van der Waals surface area contributed by atoms with Gasteiger partial charge in [-0.3, -0.25) is 10.1 Å². The minimum atomic E-state index is -0.267. The molecule has 0 aliphatic heterocycles. The number of hydrogen-bond acceptors (Lipinski definition) is 4. The van der Waals surface area contributed by atoms with Gasteiger partial charge in [-0.25, -0.2) is 4.98 Å². The van der Waals surface area contributed by atoms with E-state index in [-0.39, 0.29) is 5.91 Å². The Morgan fingerprint density at radius 3 is 2.96 bits per heavy atom. The Kier molecular flexibility index (Phi) is 5.35. The van der Waals surface area contributed by atoms with Gasteiger partial charge in [0.25, 0.3) is 0 Å². The summed E-state index contributed by atoms with van der Waals surface area (Å²) in [7, 11) is 0. The number of thiazole rings is 1. The Morgan fingerprint density at radius 1 is 1.33 bits per heavy atom. The van der Waals surface area contributed by atoms with Crippen molar-refractivity contribution in [2.45, 2.75) is 6.42 Å². The topological polar surface area (TPSA) is 55.1 Å². The molecular weight excluding hydrogens is 367 g/mol. The number of benzene rings is 1. The number of nitrogens with zero attached hydrogens (tertiary/aromatic N) is 1. The van der Waals surface area contributed by atoms with Crippen molar-refractivity contribution in [3.63, 3.8) is 0 Å². The summed E-state index contributed by atoms with van der Waals surface area (Å²) in [6.07, 6.45) is 6.90. The van der Waals surface area contributed by atoms with E-state index in [1.165, 1.54) is 17.4 Å². The molecular formula is C17H12Cl2N2O2S. The van der Waals surface area contributed by atoms with Crippen LogP contribution in [-0.4, -0.2) is 10.9 Å². The SMILES string of the molecule is O=C(/C=C/c1ccco1)Nc1ncc(Cc2ccc(Cl)cc2Cl)s1. The average Bonchev–Trinajstić information content (AvgIpc) is 3.20. The lowest BCUT2D eigenvalue weighted by molar-refractivity contribution is -0.111. The summed E-state index contributed by atoms with van der Waals surface area (Å²) in [4.78, 5) is 17.1. The van der Waals surface area contributed by atoms with Gasteiger partial charge in [0.05, 0.1) is 6.26 Å². The molecule has 2 heterocycles. The molecule has 1 N–H and O–H groups in total. The van der Waals surface area contributed by atoms with Gasteiger partial charge in [-0.1, -0.05) is 29.3 Å².